The Morgan fingerprint density at radius 1 is 1.32 bits per heavy atom. The van der Waals surface area contributed by atoms with Gasteiger partial charge < -0.3 is 19.5 Å². The number of fused-ring (bicyclic) bond motifs is 3. The maximum atomic E-state index is 12.9. The van der Waals surface area contributed by atoms with E-state index >= 15 is 0 Å². The van der Waals surface area contributed by atoms with Crippen molar-refractivity contribution >= 4 is 29.9 Å². The van der Waals surface area contributed by atoms with E-state index in [1.54, 1.807) is 13.1 Å². The summed E-state index contributed by atoms with van der Waals surface area (Å²) in [6.07, 6.45) is 0.141. The van der Waals surface area contributed by atoms with Crippen LogP contribution in [0.5, 0.6) is 5.75 Å². The molecule has 150 valence electrons. The second-order valence-corrected chi connectivity index (χ2v) is 8.11. The Morgan fingerprint density at radius 3 is 2.79 bits per heavy atom. The number of carbonyl (C=O) groups is 1. The van der Waals surface area contributed by atoms with Gasteiger partial charge in [0.1, 0.15) is 5.75 Å². The summed E-state index contributed by atoms with van der Waals surface area (Å²) in [7, 11) is 3.71. The average molecular weight is 404 g/mol. The third-order valence-corrected chi connectivity index (χ3v) is 5.97. The van der Waals surface area contributed by atoms with E-state index in [1.807, 2.05) is 50.4 Å². The Kier molecular flexibility index (Phi) is 5.08. The predicted octanol–water partition coefficient (Wildman–Crippen LogP) is 4.41. The smallest absolute Gasteiger partial charge is 0.417 e. The Balaban J connectivity index is 0.00000225. The van der Waals surface area contributed by atoms with Gasteiger partial charge in [0.05, 0.1) is 19.0 Å². The summed E-state index contributed by atoms with van der Waals surface area (Å²) in [4.78, 5) is 14.3. The van der Waals surface area contributed by atoms with Crippen LogP contribution in [0.15, 0.2) is 42.5 Å². The number of rotatable bonds is 2. The van der Waals surface area contributed by atoms with E-state index in [9.17, 15) is 10.0 Å². The van der Waals surface area contributed by atoms with Gasteiger partial charge in [-0.25, -0.2) is 4.79 Å². The number of carbonyl (C=O) groups excluding carboxylic acids is 1. The van der Waals surface area contributed by atoms with Crippen LogP contribution in [0.3, 0.4) is 0 Å². The largest absolute Gasteiger partial charge is 0.631 e. The highest BCUT2D eigenvalue weighted by Gasteiger charge is 2.58. The fourth-order valence-electron chi connectivity index (χ4n) is 4.82. The zero-order valence-electron chi connectivity index (χ0n) is 16.6. The van der Waals surface area contributed by atoms with Crippen molar-refractivity contribution in [2.24, 2.45) is 0 Å². The van der Waals surface area contributed by atoms with Crippen LogP contribution in [0.1, 0.15) is 24.5 Å². The number of quaternary nitrogens is 1. The molecule has 0 aromatic heterocycles. The zero-order valence-corrected chi connectivity index (χ0v) is 17.4. The molecular formula is C21H26ClN3O3. The molecule has 6 nitrogen and oxygen atoms in total. The summed E-state index contributed by atoms with van der Waals surface area (Å²) in [5.74, 6) is 0.487. The topological polar surface area (TPSA) is 64.6 Å². The molecule has 0 radical (unpaired) electrons. The fraction of sp³-hybridized carbons (Fsp3) is 0.381. The van der Waals surface area contributed by atoms with Gasteiger partial charge in [0.15, 0.2) is 6.17 Å². The summed E-state index contributed by atoms with van der Waals surface area (Å²) in [5, 5.41) is 15.6. The number of hydrogen-bond acceptors (Lipinski definition) is 4. The SMILES string of the molecule is Cc1cccc(NC(=O)Oc2ccc3c(c2)[C@]2(C)CC[N+](C)([O-])[C@@H]2N3C)c1.Cl. The first kappa shape index (κ1) is 20.5. The second kappa shape index (κ2) is 6.95. The third kappa shape index (κ3) is 3.21. The van der Waals surface area contributed by atoms with E-state index in [4.69, 9.17) is 4.74 Å². The van der Waals surface area contributed by atoms with Crippen molar-refractivity contribution in [2.45, 2.75) is 31.8 Å². The van der Waals surface area contributed by atoms with E-state index in [2.05, 4.69) is 17.1 Å². The molecule has 7 heteroatoms. The maximum Gasteiger partial charge on any atom is 0.417 e. The molecule has 0 bridgehead atoms. The zero-order chi connectivity index (χ0) is 19.4. The average Bonchev–Trinajstić information content (AvgIpc) is 2.97. The van der Waals surface area contributed by atoms with Gasteiger partial charge in [-0.3, -0.25) is 5.32 Å². The number of amides is 1. The fourth-order valence-corrected chi connectivity index (χ4v) is 4.82. The first-order valence-corrected chi connectivity index (χ1v) is 9.20. The van der Waals surface area contributed by atoms with Crippen molar-refractivity contribution in [1.29, 1.82) is 0 Å². The summed E-state index contributed by atoms with van der Waals surface area (Å²) in [6.45, 7) is 4.69. The molecular weight excluding hydrogens is 378 g/mol. The number of ether oxygens (including phenoxy) is 1. The van der Waals surface area contributed by atoms with Crippen molar-refractivity contribution < 1.29 is 14.2 Å². The number of hydrogen-bond donors (Lipinski definition) is 1. The van der Waals surface area contributed by atoms with Crippen molar-refractivity contribution in [2.75, 3.05) is 30.9 Å². The molecule has 28 heavy (non-hydrogen) atoms. The van der Waals surface area contributed by atoms with Crippen LogP contribution < -0.4 is 15.0 Å². The lowest BCUT2D eigenvalue weighted by molar-refractivity contribution is -0.874. The van der Waals surface area contributed by atoms with Gasteiger partial charge in [-0.1, -0.05) is 12.1 Å². The lowest BCUT2D eigenvalue weighted by Gasteiger charge is -2.44. The van der Waals surface area contributed by atoms with Crippen molar-refractivity contribution in [3.63, 3.8) is 0 Å². The molecule has 0 saturated carbocycles. The number of likely N-dealkylation sites (N-methyl/N-ethyl adjacent to an activating group) is 2. The molecule has 2 aliphatic rings. The van der Waals surface area contributed by atoms with E-state index < -0.39 is 6.09 Å². The molecule has 0 spiro atoms. The van der Waals surface area contributed by atoms with E-state index in [1.165, 1.54) is 0 Å². The van der Waals surface area contributed by atoms with Crippen LogP contribution in [-0.2, 0) is 5.41 Å². The Morgan fingerprint density at radius 2 is 2.07 bits per heavy atom. The van der Waals surface area contributed by atoms with Gasteiger partial charge in [0, 0.05) is 24.8 Å². The summed E-state index contributed by atoms with van der Waals surface area (Å²) >= 11 is 0. The van der Waals surface area contributed by atoms with Gasteiger partial charge >= 0.3 is 6.09 Å². The van der Waals surface area contributed by atoms with Crippen LogP contribution >= 0.6 is 12.4 Å². The minimum absolute atomic E-state index is 0. The molecule has 1 amide bonds. The highest BCUT2D eigenvalue weighted by molar-refractivity contribution is 5.86. The first-order valence-electron chi connectivity index (χ1n) is 9.20. The highest BCUT2D eigenvalue weighted by Crippen LogP contribution is 2.54. The summed E-state index contributed by atoms with van der Waals surface area (Å²) < 4.78 is 5.24. The number of aryl methyl sites for hydroxylation is 1. The molecule has 4 rings (SSSR count). The monoisotopic (exact) mass is 403 g/mol. The first-order chi connectivity index (χ1) is 12.7. The lowest BCUT2D eigenvalue weighted by Crippen LogP contribution is -2.54. The van der Waals surface area contributed by atoms with Crippen LogP contribution in [-0.4, -0.2) is 37.5 Å². The number of halogens is 1. The van der Waals surface area contributed by atoms with Crippen molar-refractivity contribution in [3.8, 4) is 5.75 Å². The lowest BCUT2D eigenvalue weighted by atomic mass is 9.81. The van der Waals surface area contributed by atoms with Gasteiger partial charge in [-0.05, 0) is 55.3 Å². The normalized spacial score (nSPS) is 27.6. The molecule has 1 fully saturated rings. The van der Waals surface area contributed by atoms with Crippen molar-refractivity contribution in [1.82, 2.24) is 0 Å². The molecule has 2 aromatic carbocycles. The number of nitrogens with one attached hydrogen (secondary N) is 1. The van der Waals surface area contributed by atoms with Crippen LogP contribution in [0.2, 0.25) is 0 Å². The van der Waals surface area contributed by atoms with Gasteiger partial charge in [-0.15, -0.1) is 12.4 Å². The van der Waals surface area contributed by atoms with Crippen LogP contribution in [0.4, 0.5) is 16.2 Å². The molecule has 1 unspecified atom stereocenters. The van der Waals surface area contributed by atoms with Crippen LogP contribution in [0.25, 0.3) is 0 Å². The number of hydroxylamine groups is 3. The second-order valence-electron chi connectivity index (χ2n) is 8.11. The van der Waals surface area contributed by atoms with E-state index in [0.29, 0.717) is 18.0 Å². The van der Waals surface area contributed by atoms with E-state index in [-0.39, 0.29) is 28.6 Å². The maximum absolute atomic E-state index is 12.9. The molecule has 3 atom stereocenters. The molecule has 2 aliphatic heterocycles. The summed E-state index contributed by atoms with van der Waals surface area (Å²) in [6, 6.07) is 13.2. The Hall–Kier alpha value is -2.28. The molecule has 1 saturated heterocycles. The van der Waals surface area contributed by atoms with Gasteiger partial charge in [-0.2, -0.15) is 0 Å². The van der Waals surface area contributed by atoms with Crippen LogP contribution in [0, 0.1) is 12.1 Å². The number of nitrogens with zero attached hydrogens (tertiary/aromatic N) is 2. The summed E-state index contributed by atoms with van der Waals surface area (Å²) in [5.41, 5.74) is 3.63. The quantitative estimate of drug-likeness (QED) is 0.595. The number of likely N-dealkylation sites (tertiary alicyclic amines) is 1. The minimum atomic E-state index is -0.524. The number of benzene rings is 2. The number of anilines is 2. The Bertz CT molecular complexity index is 918. The Labute approximate surface area is 171 Å². The standard InChI is InChI=1S/C21H25N3O3.ClH/c1-14-6-5-7-15(12-14)22-20(25)27-16-8-9-18-17(13-16)21(2)10-11-24(4,26)19(21)23(18)3;/h5-9,12-13,19H,10-11H2,1-4H3,(H,22,25);1H/t19-,21-,24?;/m0./s1. The highest BCUT2D eigenvalue weighted by atomic mass is 35.5. The van der Waals surface area contributed by atoms with E-state index in [0.717, 1.165) is 23.2 Å². The van der Waals surface area contributed by atoms with Crippen molar-refractivity contribution in [3.05, 3.63) is 58.8 Å². The molecule has 0 aliphatic carbocycles. The molecule has 1 N–H and O–H groups in total. The molecule has 2 heterocycles. The van der Waals surface area contributed by atoms with Gasteiger partial charge in [0.25, 0.3) is 0 Å². The van der Waals surface area contributed by atoms with Gasteiger partial charge in [0.2, 0.25) is 0 Å². The predicted molar refractivity (Wildman–Crippen MR) is 113 cm³/mol. The third-order valence-electron chi connectivity index (χ3n) is 5.97. The molecule has 2 aromatic rings. The minimum Gasteiger partial charge on any atom is -0.631 e.